The average molecular weight is 496 g/mol. The minimum atomic E-state index is -0.739. The van der Waals surface area contributed by atoms with Crippen LogP contribution in [0.1, 0.15) is 41.9 Å². The topological polar surface area (TPSA) is 119 Å². The second-order valence-corrected chi connectivity index (χ2v) is 8.93. The van der Waals surface area contributed by atoms with Crippen molar-refractivity contribution < 1.29 is 33.0 Å². The highest BCUT2D eigenvalue weighted by atomic mass is 16.6. The number of likely N-dealkylation sites (tertiary alicyclic amines) is 1. The largest absolute Gasteiger partial charge is 0.486 e. The Bertz CT molecular complexity index is 1170. The second kappa shape index (κ2) is 10.4. The van der Waals surface area contributed by atoms with Crippen LogP contribution in [-0.2, 0) is 9.53 Å². The summed E-state index contributed by atoms with van der Waals surface area (Å²) >= 11 is 0. The Morgan fingerprint density at radius 1 is 1.11 bits per heavy atom. The second-order valence-electron chi connectivity index (χ2n) is 8.93. The van der Waals surface area contributed by atoms with Gasteiger partial charge in [-0.2, -0.15) is 0 Å². The number of nitrogens with one attached hydrogen (secondary N) is 2. The van der Waals surface area contributed by atoms with Crippen LogP contribution >= 0.6 is 0 Å². The van der Waals surface area contributed by atoms with E-state index in [0.29, 0.717) is 79.8 Å². The van der Waals surface area contributed by atoms with Gasteiger partial charge in [-0.3, -0.25) is 9.69 Å². The van der Waals surface area contributed by atoms with Crippen molar-refractivity contribution in [1.82, 2.24) is 15.5 Å². The zero-order valence-electron chi connectivity index (χ0n) is 20.1. The molecule has 2 amide bonds. The Labute approximate surface area is 208 Å². The molecule has 0 aliphatic carbocycles. The van der Waals surface area contributed by atoms with Crippen molar-refractivity contribution in [3.8, 4) is 11.5 Å². The number of fused-ring (bicyclic) bond motifs is 1. The highest BCUT2D eigenvalue weighted by molar-refractivity contribution is 5.98. The van der Waals surface area contributed by atoms with Gasteiger partial charge in [-0.15, -0.1) is 0 Å². The maximum Gasteiger partial charge on any atom is 0.338 e. The van der Waals surface area contributed by atoms with E-state index in [1.54, 1.807) is 37.3 Å². The molecule has 1 atom stereocenters. The van der Waals surface area contributed by atoms with Gasteiger partial charge < -0.3 is 29.3 Å². The van der Waals surface area contributed by atoms with Crippen LogP contribution in [0.15, 0.2) is 52.3 Å². The van der Waals surface area contributed by atoms with E-state index in [9.17, 15) is 14.4 Å². The van der Waals surface area contributed by atoms with Crippen LogP contribution in [0.5, 0.6) is 11.5 Å². The number of hydrogen-bond acceptors (Lipinski definition) is 8. The molecule has 0 unspecified atom stereocenters. The standard InChI is InChI=1S/C26H29N3O7/c1-2-33-25(31)22-18(27-26(32)28-23(22)20-4-3-11-34-20)15-29-9-7-16(8-10-29)24(30)17-5-6-19-21(14-17)36-13-12-35-19/h3-6,11,14,16,23H,2,7-10,12-13,15H2,1H3,(H2,27,28,32)/t23-/m0/s1. The molecule has 190 valence electrons. The van der Waals surface area contributed by atoms with Gasteiger partial charge in [0.05, 0.1) is 18.4 Å². The lowest BCUT2D eigenvalue weighted by Crippen LogP contribution is -2.49. The van der Waals surface area contributed by atoms with E-state index in [1.807, 2.05) is 0 Å². The number of carbonyl (C=O) groups is 3. The van der Waals surface area contributed by atoms with Crippen molar-refractivity contribution in [2.24, 2.45) is 5.92 Å². The molecular formula is C26H29N3O7. The van der Waals surface area contributed by atoms with E-state index in [0.717, 1.165) is 0 Å². The number of esters is 1. The first-order valence-electron chi connectivity index (χ1n) is 12.2. The maximum absolute atomic E-state index is 13.2. The zero-order chi connectivity index (χ0) is 25.1. The molecule has 2 N–H and O–H groups in total. The Morgan fingerprint density at radius 2 is 1.89 bits per heavy atom. The van der Waals surface area contributed by atoms with E-state index < -0.39 is 18.0 Å². The van der Waals surface area contributed by atoms with Crippen molar-refractivity contribution in [3.63, 3.8) is 0 Å². The van der Waals surface area contributed by atoms with Crippen LogP contribution < -0.4 is 20.1 Å². The van der Waals surface area contributed by atoms with Crippen LogP contribution in [0, 0.1) is 5.92 Å². The fraction of sp³-hybridized carbons (Fsp3) is 0.423. The van der Waals surface area contributed by atoms with Crippen LogP contribution in [0.25, 0.3) is 0 Å². The zero-order valence-corrected chi connectivity index (χ0v) is 20.1. The van der Waals surface area contributed by atoms with Crippen molar-refractivity contribution in [1.29, 1.82) is 0 Å². The number of ketones is 1. The number of urea groups is 1. The normalized spacial score (nSPS) is 20.5. The first kappa shape index (κ1) is 23.9. The highest BCUT2D eigenvalue weighted by Gasteiger charge is 2.36. The van der Waals surface area contributed by atoms with E-state index in [4.69, 9.17) is 18.6 Å². The third kappa shape index (κ3) is 4.94. The SMILES string of the molecule is CCOC(=O)C1=C(CN2CCC(C(=O)c3ccc4c(c3)OCCO4)CC2)NC(=O)N[C@H]1c1ccco1. The molecule has 5 rings (SSSR count). The summed E-state index contributed by atoms with van der Waals surface area (Å²) in [6.07, 6.45) is 2.83. The summed E-state index contributed by atoms with van der Waals surface area (Å²) in [6, 6.07) is 7.60. The number of nitrogens with zero attached hydrogens (tertiary/aromatic N) is 1. The molecule has 0 bridgehead atoms. The first-order valence-corrected chi connectivity index (χ1v) is 12.2. The number of carbonyl (C=O) groups excluding carboxylic acids is 3. The van der Waals surface area contributed by atoms with Crippen LogP contribution in [-0.4, -0.2) is 62.1 Å². The molecule has 3 aliphatic heterocycles. The van der Waals surface area contributed by atoms with Crippen LogP contribution in [0.2, 0.25) is 0 Å². The van der Waals surface area contributed by atoms with E-state index in [2.05, 4.69) is 15.5 Å². The van der Waals surface area contributed by atoms with E-state index in [-0.39, 0.29) is 18.3 Å². The van der Waals surface area contributed by atoms with Crippen molar-refractivity contribution in [3.05, 3.63) is 59.2 Å². The molecule has 1 aromatic carbocycles. The predicted octanol–water partition coefficient (Wildman–Crippen LogP) is 2.82. The van der Waals surface area contributed by atoms with Gasteiger partial charge >= 0.3 is 12.0 Å². The highest BCUT2D eigenvalue weighted by Crippen LogP contribution is 2.33. The number of rotatable bonds is 7. The van der Waals surface area contributed by atoms with Gasteiger partial charge in [-0.25, -0.2) is 9.59 Å². The van der Waals surface area contributed by atoms with Gasteiger partial charge in [0.1, 0.15) is 25.0 Å². The van der Waals surface area contributed by atoms with Gasteiger partial charge in [0.25, 0.3) is 0 Å². The Morgan fingerprint density at radius 3 is 2.61 bits per heavy atom. The summed E-state index contributed by atoms with van der Waals surface area (Å²) < 4.78 is 21.9. The van der Waals surface area contributed by atoms with Crippen LogP contribution in [0.3, 0.4) is 0 Å². The van der Waals surface area contributed by atoms with Gasteiger partial charge in [0, 0.05) is 23.7 Å². The predicted molar refractivity (Wildman–Crippen MR) is 128 cm³/mol. The minimum absolute atomic E-state index is 0.0890. The quantitative estimate of drug-likeness (QED) is 0.445. The smallest absolute Gasteiger partial charge is 0.338 e. The first-order chi connectivity index (χ1) is 17.5. The van der Waals surface area contributed by atoms with Gasteiger partial charge in [-0.1, -0.05) is 0 Å². The van der Waals surface area contributed by atoms with E-state index >= 15 is 0 Å². The number of ether oxygens (including phenoxy) is 3. The Balaban J connectivity index is 1.28. The lowest BCUT2D eigenvalue weighted by atomic mass is 9.88. The molecule has 4 heterocycles. The lowest BCUT2D eigenvalue weighted by molar-refractivity contribution is -0.139. The minimum Gasteiger partial charge on any atom is -0.486 e. The Kier molecular flexibility index (Phi) is 6.95. The van der Waals surface area contributed by atoms with Crippen molar-refractivity contribution in [2.75, 3.05) is 39.5 Å². The number of piperidine rings is 1. The monoisotopic (exact) mass is 495 g/mol. The molecule has 1 fully saturated rings. The van der Waals surface area contributed by atoms with Gasteiger partial charge in [-0.05, 0) is 63.2 Å². The molecule has 0 radical (unpaired) electrons. The molecule has 0 saturated carbocycles. The molecule has 36 heavy (non-hydrogen) atoms. The maximum atomic E-state index is 13.2. The molecular weight excluding hydrogens is 466 g/mol. The fourth-order valence-electron chi connectivity index (χ4n) is 4.87. The summed E-state index contributed by atoms with van der Waals surface area (Å²) in [5, 5.41) is 5.54. The molecule has 2 aromatic rings. The number of Topliss-reactive ketones (excluding diaryl/α,β-unsaturated/α-hetero) is 1. The number of furan rings is 1. The van der Waals surface area contributed by atoms with E-state index in [1.165, 1.54) is 6.26 Å². The van der Waals surface area contributed by atoms with Crippen LogP contribution in [0.4, 0.5) is 4.79 Å². The molecule has 10 nitrogen and oxygen atoms in total. The van der Waals surface area contributed by atoms with Crippen molar-refractivity contribution >= 4 is 17.8 Å². The van der Waals surface area contributed by atoms with Crippen molar-refractivity contribution in [2.45, 2.75) is 25.8 Å². The summed E-state index contributed by atoms with van der Waals surface area (Å²) in [4.78, 5) is 40.6. The fourth-order valence-corrected chi connectivity index (χ4v) is 4.87. The van der Waals surface area contributed by atoms with Gasteiger partial charge in [0.15, 0.2) is 17.3 Å². The molecule has 0 spiro atoms. The molecule has 1 saturated heterocycles. The lowest BCUT2D eigenvalue weighted by Gasteiger charge is -2.34. The summed E-state index contributed by atoms with van der Waals surface area (Å²) in [5.74, 6) is 1.19. The average Bonchev–Trinajstić information content (AvgIpc) is 3.43. The number of benzene rings is 1. The summed E-state index contributed by atoms with van der Waals surface area (Å²) in [7, 11) is 0. The summed E-state index contributed by atoms with van der Waals surface area (Å²) in [6.45, 7) is 4.57. The molecule has 1 aromatic heterocycles. The third-order valence-electron chi connectivity index (χ3n) is 6.64. The molecule has 3 aliphatic rings. The van der Waals surface area contributed by atoms with Gasteiger partial charge in [0.2, 0.25) is 0 Å². The number of hydrogen-bond donors (Lipinski definition) is 2. The number of amides is 2. The Hall–Kier alpha value is -3.79. The summed E-state index contributed by atoms with van der Waals surface area (Å²) in [5.41, 5.74) is 1.42. The molecule has 10 heteroatoms. The third-order valence-corrected chi connectivity index (χ3v) is 6.64.